The number of fused-ring (bicyclic) bond motifs is 1. The van der Waals surface area contributed by atoms with Crippen LogP contribution in [0.5, 0.6) is 0 Å². The van der Waals surface area contributed by atoms with Gasteiger partial charge in [0, 0.05) is 28.8 Å². The number of hydrogen-bond acceptors (Lipinski definition) is 5. The van der Waals surface area contributed by atoms with Crippen molar-refractivity contribution in [2.24, 2.45) is 0 Å². The van der Waals surface area contributed by atoms with E-state index in [-0.39, 0.29) is 17.4 Å². The van der Waals surface area contributed by atoms with E-state index in [1.165, 1.54) is 6.07 Å². The van der Waals surface area contributed by atoms with Crippen LogP contribution in [0, 0.1) is 6.92 Å². The molecular formula is C15H13N5O2S. The maximum absolute atomic E-state index is 12.2. The van der Waals surface area contributed by atoms with Crippen molar-refractivity contribution in [3.63, 3.8) is 0 Å². The quantitative estimate of drug-likeness (QED) is 0.750. The minimum absolute atomic E-state index is 0.00439. The fraction of sp³-hybridized carbons (Fsp3) is 0.200. The highest BCUT2D eigenvalue weighted by molar-refractivity contribution is 7.10. The van der Waals surface area contributed by atoms with Gasteiger partial charge in [-0.1, -0.05) is 6.07 Å². The van der Waals surface area contributed by atoms with E-state index >= 15 is 0 Å². The van der Waals surface area contributed by atoms with Crippen molar-refractivity contribution in [1.29, 1.82) is 0 Å². The van der Waals surface area contributed by atoms with E-state index in [4.69, 9.17) is 0 Å². The van der Waals surface area contributed by atoms with E-state index in [0.29, 0.717) is 18.1 Å². The van der Waals surface area contributed by atoms with Gasteiger partial charge in [0.05, 0.1) is 5.69 Å². The maximum Gasteiger partial charge on any atom is 0.264 e. The number of nitrogens with one attached hydrogen (secondary N) is 2. The number of H-pyrrole nitrogens is 1. The largest absolute Gasteiger partial charge is 0.310 e. The molecule has 3 aromatic rings. The fourth-order valence-electron chi connectivity index (χ4n) is 2.90. The first-order valence-corrected chi connectivity index (χ1v) is 8.00. The van der Waals surface area contributed by atoms with Crippen LogP contribution in [0.3, 0.4) is 0 Å². The molecule has 1 amide bonds. The average Bonchev–Trinajstić information content (AvgIpc) is 3.16. The molecule has 1 atom stereocenters. The Morgan fingerprint density at radius 3 is 2.87 bits per heavy atom. The highest BCUT2D eigenvalue weighted by atomic mass is 32.1. The van der Waals surface area contributed by atoms with Gasteiger partial charge in [0.25, 0.3) is 5.56 Å². The van der Waals surface area contributed by atoms with Crippen LogP contribution in [0.25, 0.3) is 5.82 Å². The van der Waals surface area contributed by atoms with Gasteiger partial charge in [0.15, 0.2) is 5.82 Å². The Hall–Kier alpha value is -2.74. The highest BCUT2D eigenvalue weighted by Crippen LogP contribution is 2.41. The molecule has 4 rings (SSSR count). The van der Waals surface area contributed by atoms with Gasteiger partial charge < -0.3 is 5.32 Å². The van der Waals surface area contributed by atoms with E-state index in [1.807, 2.05) is 24.4 Å². The first kappa shape index (κ1) is 13.9. The second-order valence-corrected chi connectivity index (χ2v) is 6.34. The molecule has 0 bridgehead atoms. The molecule has 0 spiro atoms. The smallest absolute Gasteiger partial charge is 0.264 e. The van der Waals surface area contributed by atoms with Crippen LogP contribution in [0.4, 0.5) is 5.82 Å². The number of carbonyl (C=O) groups excluding carboxylic acids is 1. The third-order valence-corrected chi connectivity index (χ3v) is 4.86. The van der Waals surface area contributed by atoms with Crippen molar-refractivity contribution in [3.05, 3.63) is 56.1 Å². The Kier molecular flexibility index (Phi) is 3.12. The number of aromatic amines is 1. The van der Waals surface area contributed by atoms with Gasteiger partial charge in [-0.15, -0.1) is 11.3 Å². The molecule has 1 aliphatic heterocycles. The summed E-state index contributed by atoms with van der Waals surface area (Å²) < 4.78 is 1.57. The lowest BCUT2D eigenvalue weighted by molar-refractivity contribution is -0.116. The first-order chi connectivity index (χ1) is 11.1. The number of carbonyl (C=O) groups is 1. The van der Waals surface area contributed by atoms with Crippen LogP contribution >= 0.6 is 11.3 Å². The molecule has 0 fully saturated rings. The molecule has 0 unspecified atom stereocenters. The van der Waals surface area contributed by atoms with Crippen LogP contribution < -0.4 is 10.9 Å². The molecular weight excluding hydrogens is 314 g/mol. The van der Waals surface area contributed by atoms with Crippen molar-refractivity contribution >= 4 is 23.1 Å². The zero-order valence-corrected chi connectivity index (χ0v) is 13.1. The van der Waals surface area contributed by atoms with Crippen LogP contribution in [-0.2, 0) is 4.79 Å². The third kappa shape index (κ3) is 2.27. The molecule has 0 aliphatic carbocycles. The Labute approximate surface area is 135 Å². The Bertz CT molecular complexity index is 921. The first-order valence-electron chi connectivity index (χ1n) is 7.12. The number of hydrogen-bond donors (Lipinski definition) is 2. The lowest BCUT2D eigenvalue weighted by atomic mass is 9.91. The standard InChI is InChI=1S/C15H13N5O2S/c1-8-14-9(10-3-2-6-23-10)7-13(22)16-15(14)20(19-8)11-4-5-12(21)18-17-11/h2-6,9H,7H2,1H3,(H,16,22)(H,18,21)/t9-/m1/s1. The number of anilines is 1. The van der Waals surface area contributed by atoms with Crippen LogP contribution in [-0.4, -0.2) is 25.9 Å². The monoisotopic (exact) mass is 327 g/mol. The van der Waals surface area contributed by atoms with E-state index < -0.39 is 0 Å². The molecule has 0 saturated carbocycles. The van der Waals surface area contributed by atoms with Crippen molar-refractivity contribution in [3.8, 4) is 5.82 Å². The van der Waals surface area contributed by atoms with Crippen molar-refractivity contribution in [1.82, 2.24) is 20.0 Å². The summed E-state index contributed by atoms with van der Waals surface area (Å²) in [6.45, 7) is 1.92. The molecule has 0 aromatic carbocycles. The van der Waals surface area contributed by atoms with Crippen LogP contribution in [0.15, 0.2) is 34.4 Å². The number of aryl methyl sites for hydroxylation is 1. The van der Waals surface area contributed by atoms with Crippen LogP contribution in [0.1, 0.15) is 28.5 Å². The topological polar surface area (TPSA) is 92.7 Å². The predicted molar refractivity (Wildman–Crippen MR) is 86.1 cm³/mol. The fourth-order valence-corrected chi connectivity index (χ4v) is 3.74. The van der Waals surface area contributed by atoms with Crippen molar-refractivity contribution in [2.75, 3.05) is 5.32 Å². The van der Waals surface area contributed by atoms with Gasteiger partial charge in [0.1, 0.15) is 5.82 Å². The second-order valence-electron chi connectivity index (χ2n) is 5.36. The summed E-state index contributed by atoms with van der Waals surface area (Å²) in [5.41, 5.74) is 1.55. The molecule has 23 heavy (non-hydrogen) atoms. The van der Waals surface area contributed by atoms with E-state index in [1.54, 1.807) is 22.1 Å². The molecule has 8 heteroatoms. The summed E-state index contributed by atoms with van der Waals surface area (Å²) in [5.74, 6) is 1.02. The van der Waals surface area contributed by atoms with Gasteiger partial charge >= 0.3 is 0 Å². The molecule has 0 radical (unpaired) electrons. The molecule has 4 heterocycles. The van der Waals surface area contributed by atoms with Gasteiger partial charge in [-0.2, -0.15) is 14.9 Å². The lowest BCUT2D eigenvalue weighted by Gasteiger charge is -2.22. The van der Waals surface area contributed by atoms with Crippen LogP contribution in [0.2, 0.25) is 0 Å². The summed E-state index contributed by atoms with van der Waals surface area (Å²) >= 11 is 1.63. The Morgan fingerprint density at radius 2 is 2.17 bits per heavy atom. The van der Waals surface area contributed by atoms with E-state index in [2.05, 4.69) is 20.6 Å². The van der Waals surface area contributed by atoms with Gasteiger partial charge in [0.2, 0.25) is 5.91 Å². The predicted octanol–water partition coefficient (Wildman–Crippen LogP) is 1.80. The minimum atomic E-state index is -0.285. The molecule has 7 nitrogen and oxygen atoms in total. The molecule has 3 aromatic heterocycles. The summed E-state index contributed by atoms with van der Waals surface area (Å²) in [4.78, 5) is 24.5. The van der Waals surface area contributed by atoms with E-state index in [9.17, 15) is 9.59 Å². The van der Waals surface area contributed by atoms with E-state index in [0.717, 1.165) is 16.1 Å². The SMILES string of the molecule is Cc1nn(-c2ccc(=O)[nH]n2)c2c1[C@@H](c1cccs1)CC(=O)N2. The highest BCUT2D eigenvalue weighted by Gasteiger charge is 2.33. The molecule has 1 aliphatic rings. The summed E-state index contributed by atoms with van der Waals surface area (Å²) in [6, 6.07) is 6.97. The number of rotatable bonds is 2. The zero-order chi connectivity index (χ0) is 16.0. The second kappa shape index (κ2) is 5.17. The Balaban J connectivity index is 1.90. The zero-order valence-electron chi connectivity index (χ0n) is 12.2. The number of nitrogens with zero attached hydrogens (tertiary/aromatic N) is 3. The number of amides is 1. The summed E-state index contributed by atoms with van der Waals surface area (Å²) in [7, 11) is 0. The van der Waals surface area contributed by atoms with Crippen molar-refractivity contribution < 1.29 is 4.79 Å². The van der Waals surface area contributed by atoms with Gasteiger partial charge in [-0.25, -0.2) is 5.10 Å². The Morgan fingerprint density at radius 1 is 1.30 bits per heavy atom. The lowest BCUT2D eigenvalue weighted by Crippen LogP contribution is -2.25. The minimum Gasteiger partial charge on any atom is -0.310 e. The summed E-state index contributed by atoms with van der Waals surface area (Å²) in [6.07, 6.45) is 0.402. The molecule has 2 N–H and O–H groups in total. The maximum atomic E-state index is 12.2. The number of thiophene rings is 1. The van der Waals surface area contributed by atoms with Gasteiger partial charge in [-0.3, -0.25) is 9.59 Å². The molecule has 116 valence electrons. The molecule has 0 saturated heterocycles. The average molecular weight is 327 g/mol. The summed E-state index contributed by atoms with van der Waals surface area (Å²) in [5, 5.41) is 15.8. The van der Waals surface area contributed by atoms with Crippen molar-refractivity contribution in [2.45, 2.75) is 19.3 Å². The number of aromatic nitrogens is 4. The third-order valence-electron chi connectivity index (χ3n) is 3.87. The van der Waals surface area contributed by atoms with Gasteiger partial charge in [-0.05, 0) is 24.4 Å². The normalized spacial score (nSPS) is 16.9.